The van der Waals surface area contributed by atoms with Crippen LogP contribution in [0.15, 0.2) is 12.4 Å². The second-order valence-electron chi connectivity index (χ2n) is 2.34. The van der Waals surface area contributed by atoms with Gasteiger partial charge in [-0.1, -0.05) is 6.58 Å². The van der Waals surface area contributed by atoms with Crippen LogP contribution in [0.2, 0.25) is 0 Å². The van der Waals surface area contributed by atoms with Gasteiger partial charge in [-0.25, -0.2) is 4.39 Å². The Morgan fingerprint density at radius 2 is 2.00 bits per heavy atom. The highest BCUT2D eigenvalue weighted by Crippen LogP contribution is 2.25. The molecule has 52 valence electrons. The number of carboxylic acids is 1. The van der Waals surface area contributed by atoms with Gasteiger partial charge in [0.1, 0.15) is 11.2 Å². The van der Waals surface area contributed by atoms with Crippen LogP contribution in [0.4, 0.5) is 4.39 Å². The van der Waals surface area contributed by atoms with Crippen molar-refractivity contribution >= 4 is 5.97 Å². The molecule has 0 unspecified atom stereocenters. The van der Waals surface area contributed by atoms with Crippen molar-refractivity contribution in [3.63, 3.8) is 0 Å². The van der Waals surface area contributed by atoms with Crippen molar-refractivity contribution in [2.75, 3.05) is 0 Å². The molecule has 0 spiro atoms. The van der Waals surface area contributed by atoms with Crippen molar-refractivity contribution in [3.05, 3.63) is 12.4 Å². The van der Waals surface area contributed by atoms with Gasteiger partial charge >= 0.3 is 5.97 Å². The van der Waals surface area contributed by atoms with Crippen LogP contribution in [0.5, 0.6) is 0 Å². The van der Waals surface area contributed by atoms with E-state index in [0.29, 0.717) is 0 Å². The van der Waals surface area contributed by atoms with Crippen LogP contribution in [0.1, 0.15) is 13.8 Å². The second kappa shape index (κ2) is 2.17. The van der Waals surface area contributed by atoms with Crippen molar-refractivity contribution in [1.29, 1.82) is 0 Å². The lowest BCUT2D eigenvalue weighted by Gasteiger charge is -2.14. The first-order chi connectivity index (χ1) is 3.89. The maximum Gasteiger partial charge on any atom is 0.315 e. The molecule has 3 heteroatoms. The van der Waals surface area contributed by atoms with E-state index in [-0.39, 0.29) is 0 Å². The Balaban J connectivity index is 4.38. The van der Waals surface area contributed by atoms with Crippen LogP contribution in [0.25, 0.3) is 0 Å². The number of carbonyl (C=O) groups is 1. The number of hydrogen-bond acceptors (Lipinski definition) is 1. The molecule has 0 atom stereocenters. The molecule has 0 rings (SSSR count). The standard InChI is InChI=1S/C6H9FO2/c1-4(7)6(2,3)5(8)9/h1H2,2-3H3,(H,8,9). The topological polar surface area (TPSA) is 37.3 Å². The average molecular weight is 132 g/mol. The third kappa shape index (κ3) is 1.52. The quantitative estimate of drug-likeness (QED) is 0.619. The minimum Gasteiger partial charge on any atom is -0.481 e. The predicted octanol–water partition coefficient (Wildman–Crippen LogP) is 1.58. The van der Waals surface area contributed by atoms with E-state index in [1.165, 1.54) is 13.8 Å². The molecule has 0 saturated carbocycles. The third-order valence-electron chi connectivity index (χ3n) is 1.21. The summed E-state index contributed by atoms with van der Waals surface area (Å²) in [7, 11) is 0. The van der Waals surface area contributed by atoms with Crippen molar-refractivity contribution < 1.29 is 14.3 Å². The highest BCUT2D eigenvalue weighted by Gasteiger charge is 2.30. The largest absolute Gasteiger partial charge is 0.481 e. The Bertz CT molecular complexity index is 133. The van der Waals surface area contributed by atoms with Gasteiger partial charge < -0.3 is 5.11 Å². The first-order valence-electron chi connectivity index (χ1n) is 2.47. The number of halogens is 1. The lowest BCUT2D eigenvalue weighted by molar-refractivity contribution is -0.145. The van der Waals surface area contributed by atoms with Gasteiger partial charge in [0.15, 0.2) is 0 Å². The molecule has 0 radical (unpaired) electrons. The summed E-state index contributed by atoms with van der Waals surface area (Å²) < 4.78 is 12.2. The Labute approximate surface area is 53.0 Å². The summed E-state index contributed by atoms with van der Waals surface area (Å²) in [6.45, 7) is 5.42. The number of rotatable bonds is 2. The highest BCUT2D eigenvalue weighted by atomic mass is 19.1. The normalized spacial score (nSPS) is 11.0. The molecule has 0 aliphatic carbocycles. The fraction of sp³-hybridized carbons (Fsp3) is 0.500. The maximum absolute atomic E-state index is 12.2. The van der Waals surface area contributed by atoms with E-state index < -0.39 is 17.2 Å². The molecule has 0 aliphatic heterocycles. The molecule has 0 heterocycles. The number of carboxylic acid groups (broad SMARTS) is 1. The smallest absolute Gasteiger partial charge is 0.315 e. The number of hydrogen-bond donors (Lipinski definition) is 1. The summed E-state index contributed by atoms with van der Waals surface area (Å²) in [4.78, 5) is 10.2. The van der Waals surface area contributed by atoms with E-state index in [2.05, 4.69) is 6.58 Å². The van der Waals surface area contributed by atoms with Crippen LogP contribution < -0.4 is 0 Å². The third-order valence-corrected chi connectivity index (χ3v) is 1.21. The molecule has 0 bridgehead atoms. The van der Waals surface area contributed by atoms with Gasteiger partial charge in [-0.2, -0.15) is 0 Å². The fourth-order valence-electron chi connectivity index (χ4n) is 0.116. The van der Waals surface area contributed by atoms with Crippen LogP contribution in [-0.4, -0.2) is 11.1 Å². The van der Waals surface area contributed by atoms with E-state index in [1.807, 2.05) is 0 Å². The zero-order chi connectivity index (χ0) is 7.65. The molecule has 0 fully saturated rings. The zero-order valence-electron chi connectivity index (χ0n) is 5.44. The second-order valence-corrected chi connectivity index (χ2v) is 2.34. The summed E-state index contributed by atoms with van der Waals surface area (Å²) in [6, 6.07) is 0. The number of aliphatic carboxylic acids is 1. The molecule has 0 aliphatic rings. The summed E-state index contributed by atoms with van der Waals surface area (Å²) in [5, 5.41) is 8.31. The minimum atomic E-state index is -1.44. The van der Waals surface area contributed by atoms with Crippen LogP contribution >= 0.6 is 0 Å². The molecule has 0 aromatic rings. The highest BCUT2D eigenvalue weighted by molar-refractivity contribution is 5.76. The Morgan fingerprint density at radius 1 is 1.67 bits per heavy atom. The fourth-order valence-corrected chi connectivity index (χ4v) is 0.116. The maximum atomic E-state index is 12.2. The van der Waals surface area contributed by atoms with Crippen molar-refractivity contribution in [1.82, 2.24) is 0 Å². The summed E-state index contributed by atoms with van der Waals surface area (Å²) >= 11 is 0. The molecule has 0 amide bonds. The molecule has 0 saturated heterocycles. The van der Waals surface area contributed by atoms with E-state index >= 15 is 0 Å². The van der Waals surface area contributed by atoms with E-state index in [4.69, 9.17) is 5.11 Å². The van der Waals surface area contributed by atoms with Gasteiger partial charge in [0.25, 0.3) is 0 Å². The average Bonchev–Trinajstić information content (AvgIpc) is 1.65. The molecule has 1 N–H and O–H groups in total. The van der Waals surface area contributed by atoms with Gasteiger partial charge in [-0.3, -0.25) is 4.79 Å². The predicted molar refractivity (Wildman–Crippen MR) is 31.7 cm³/mol. The molecule has 0 aromatic carbocycles. The first-order valence-corrected chi connectivity index (χ1v) is 2.47. The van der Waals surface area contributed by atoms with Crippen LogP contribution in [0.3, 0.4) is 0 Å². The van der Waals surface area contributed by atoms with E-state index in [0.717, 1.165) is 0 Å². The summed E-state index contributed by atoms with van der Waals surface area (Å²) in [5.74, 6) is -2.02. The molecule has 2 nitrogen and oxygen atoms in total. The van der Waals surface area contributed by atoms with Crippen molar-refractivity contribution in [3.8, 4) is 0 Å². The first kappa shape index (κ1) is 8.14. The molecule has 9 heavy (non-hydrogen) atoms. The van der Waals surface area contributed by atoms with E-state index in [9.17, 15) is 9.18 Å². The van der Waals surface area contributed by atoms with Gasteiger partial charge in [0.2, 0.25) is 0 Å². The lowest BCUT2D eigenvalue weighted by atomic mass is 9.93. The van der Waals surface area contributed by atoms with E-state index in [1.54, 1.807) is 0 Å². The molecule has 0 aromatic heterocycles. The monoisotopic (exact) mass is 132 g/mol. The van der Waals surface area contributed by atoms with Crippen molar-refractivity contribution in [2.45, 2.75) is 13.8 Å². The zero-order valence-corrected chi connectivity index (χ0v) is 5.44. The van der Waals surface area contributed by atoms with Crippen LogP contribution in [0, 0.1) is 5.41 Å². The van der Waals surface area contributed by atoms with Gasteiger partial charge in [-0.05, 0) is 13.8 Å². The Morgan fingerprint density at radius 3 is 2.00 bits per heavy atom. The molecular weight excluding hydrogens is 123 g/mol. The summed E-state index contributed by atoms with van der Waals surface area (Å²) in [5.41, 5.74) is -1.44. The van der Waals surface area contributed by atoms with Gasteiger partial charge in [0, 0.05) is 0 Å². The van der Waals surface area contributed by atoms with Gasteiger partial charge in [-0.15, -0.1) is 0 Å². The van der Waals surface area contributed by atoms with Crippen molar-refractivity contribution in [2.24, 2.45) is 5.41 Å². The summed E-state index contributed by atoms with van der Waals surface area (Å²) in [6.07, 6.45) is 0. The Kier molecular flexibility index (Phi) is 1.96. The Hall–Kier alpha value is -0.860. The lowest BCUT2D eigenvalue weighted by Crippen LogP contribution is -2.23. The minimum absolute atomic E-state index is 0.824. The SMILES string of the molecule is C=C(F)C(C)(C)C(=O)O. The van der Waals surface area contributed by atoms with Gasteiger partial charge in [0.05, 0.1) is 0 Å². The molecular formula is C6H9FO2. The van der Waals surface area contributed by atoms with Crippen LogP contribution in [-0.2, 0) is 4.79 Å².